The van der Waals surface area contributed by atoms with Crippen LogP contribution in [0.1, 0.15) is 35.4 Å². The van der Waals surface area contributed by atoms with Crippen molar-refractivity contribution in [1.29, 1.82) is 0 Å². The minimum atomic E-state index is -2.74. The van der Waals surface area contributed by atoms with Crippen LogP contribution in [0.15, 0.2) is 36.4 Å². The predicted octanol–water partition coefficient (Wildman–Crippen LogP) is 3.32. The quantitative estimate of drug-likeness (QED) is 0.898. The summed E-state index contributed by atoms with van der Waals surface area (Å²) >= 11 is 0. The van der Waals surface area contributed by atoms with Gasteiger partial charge in [-0.3, -0.25) is 4.90 Å². The Bertz CT molecular complexity index is 810. The number of benzene rings is 1. The molecule has 1 aromatic heterocycles. The van der Waals surface area contributed by atoms with Crippen LogP contribution in [-0.2, 0) is 11.3 Å². The summed E-state index contributed by atoms with van der Waals surface area (Å²) in [6.07, 6.45) is -3.54. The number of amides is 1. The molecule has 1 aliphatic rings. The van der Waals surface area contributed by atoms with Gasteiger partial charge in [-0.2, -0.15) is 5.10 Å². The molecular weight excluding hydrogens is 348 g/mol. The maximum atomic E-state index is 13.3. The van der Waals surface area contributed by atoms with Gasteiger partial charge < -0.3 is 9.84 Å². The number of carboxylic acid groups (broad SMARTS) is 1. The average Bonchev–Trinajstić information content (AvgIpc) is 3.04. The number of carbonyl (C=O) groups excluding carboxylic acids is 1. The van der Waals surface area contributed by atoms with Crippen LogP contribution >= 0.6 is 0 Å². The number of nitrogens with zero attached hydrogens (tertiary/aromatic N) is 3. The van der Waals surface area contributed by atoms with E-state index in [1.54, 1.807) is 31.2 Å². The van der Waals surface area contributed by atoms with Gasteiger partial charge in [0.1, 0.15) is 18.5 Å². The molecule has 0 saturated carbocycles. The highest BCUT2D eigenvalue weighted by molar-refractivity contribution is 5.91. The molecule has 7 nitrogen and oxygen atoms in total. The molecular formula is C17H17F2N3O4. The Morgan fingerprint density at radius 3 is 2.65 bits per heavy atom. The molecule has 0 bridgehead atoms. The monoisotopic (exact) mass is 365 g/mol. The first-order valence-electron chi connectivity index (χ1n) is 7.99. The topological polar surface area (TPSA) is 84.7 Å². The molecule has 2 heterocycles. The highest BCUT2D eigenvalue weighted by Gasteiger charge is 2.40. The van der Waals surface area contributed by atoms with Crippen LogP contribution in [0.3, 0.4) is 0 Å². The van der Waals surface area contributed by atoms with E-state index < -0.39 is 36.3 Å². The first-order chi connectivity index (χ1) is 12.4. The molecule has 0 aliphatic carbocycles. The van der Waals surface area contributed by atoms with Gasteiger partial charge in [0.25, 0.3) is 6.43 Å². The normalized spacial score (nSPS) is 19.3. The maximum absolute atomic E-state index is 13.3. The van der Waals surface area contributed by atoms with Gasteiger partial charge >= 0.3 is 12.1 Å². The molecule has 9 heteroatoms. The summed E-state index contributed by atoms with van der Waals surface area (Å²) in [5.41, 5.74) is 0.372. The molecule has 0 fully saturated rings. The number of carboxylic acids is 1. The number of halogens is 2. The number of hydrogen-bond acceptors (Lipinski definition) is 4. The second-order valence-electron chi connectivity index (χ2n) is 6.03. The smallest absolute Gasteiger partial charge is 0.416 e. The molecule has 138 valence electrons. The third-order valence-electron chi connectivity index (χ3n) is 4.21. The van der Waals surface area contributed by atoms with E-state index in [-0.39, 0.29) is 18.8 Å². The summed E-state index contributed by atoms with van der Waals surface area (Å²) in [6, 6.07) is 8.21. The molecule has 0 radical (unpaired) electrons. The Hall–Kier alpha value is -2.97. The number of alkyl halides is 2. The number of rotatable bonds is 4. The summed E-state index contributed by atoms with van der Waals surface area (Å²) in [6.45, 7) is 1.62. The maximum Gasteiger partial charge on any atom is 0.416 e. The van der Waals surface area contributed by atoms with Gasteiger partial charge in [-0.05, 0) is 18.9 Å². The largest absolute Gasteiger partial charge is 0.476 e. The van der Waals surface area contributed by atoms with Gasteiger partial charge in [-0.25, -0.2) is 23.1 Å². The lowest BCUT2D eigenvalue weighted by Gasteiger charge is -2.36. The summed E-state index contributed by atoms with van der Waals surface area (Å²) in [7, 11) is 0. The zero-order valence-corrected chi connectivity index (χ0v) is 13.9. The second kappa shape index (κ2) is 7.11. The molecule has 2 aromatic rings. The van der Waals surface area contributed by atoms with E-state index in [0.717, 1.165) is 16.3 Å². The zero-order valence-electron chi connectivity index (χ0n) is 13.9. The Morgan fingerprint density at radius 2 is 2.04 bits per heavy atom. The Morgan fingerprint density at radius 1 is 1.35 bits per heavy atom. The summed E-state index contributed by atoms with van der Waals surface area (Å²) in [5.74, 6) is -1.37. The Kier molecular flexibility index (Phi) is 4.88. The number of fused-ring (bicyclic) bond motifs is 1. The van der Waals surface area contributed by atoms with Crippen LogP contribution in [0.4, 0.5) is 19.4 Å². The minimum absolute atomic E-state index is 0.00971. The standard InChI is InChI=1S/C17H17F2N3O4/c1-10-7-13(15(18)19)22-14(8-12(20-22)16(23)24)21(10)17(25)26-9-11-5-3-2-4-6-11/h2-6,8,10,13,15H,7,9H2,1H3,(H,23,24). The van der Waals surface area contributed by atoms with Gasteiger partial charge in [0.15, 0.2) is 5.69 Å². The van der Waals surface area contributed by atoms with Gasteiger partial charge in [0, 0.05) is 12.1 Å². The molecule has 2 unspecified atom stereocenters. The average molecular weight is 365 g/mol. The van der Waals surface area contributed by atoms with E-state index >= 15 is 0 Å². The molecule has 1 aromatic carbocycles. The number of carbonyl (C=O) groups is 2. The highest BCUT2D eigenvalue weighted by Crippen LogP contribution is 2.36. The Labute approximate surface area is 147 Å². The molecule has 26 heavy (non-hydrogen) atoms. The van der Waals surface area contributed by atoms with Crippen molar-refractivity contribution in [2.24, 2.45) is 0 Å². The van der Waals surface area contributed by atoms with Crippen LogP contribution in [-0.4, -0.2) is 39.4 Å². The lowest BCUT2D eigenvalue weighted by Crippen LogP contribution is -2.46. The number of aromatic nitrogens is 2. The van der Waals surface area contributed by atoms with Crippen LogP contribution in [0.25, 0.3) is 0 Å². The van der Waals surface area contributed by atoms with Crippen molar-refractivity contribution < 1.29 is 28.2 Å². The number of anilines is 1. The first-order valence-corrected chi connectivity index (χ1v) is 7.99. The fourth-order valence-corrected chi connectivity index (χ4v) is 2.97. The van der Waals surface area contributed by atoms with E-state index in [0.29, 0.717) is 0 Å². The van der Waals surface area contributed by atoms with Gasteiger partial charge in [0.05, 0.1) is 0 Å². The van der Waals surface area contributed by atoms with Crippen LogP contribution in [0.5, 0.6) is 0 Å². The van der Waals surface area contributed by atoms with Crippen molar-refractivity contribution in [3.05, 3.63) is 47.7 Å². The van der Waals surface area contributed by atoms with Crippen molar-refractivity contribution in [1.82, 2.24) is 9.78 Å². The van der Waals surface area contributed by atoms with Crippen molar-refractivity contribution in [2.75, 3.05) is 4.90 Å². The Balaban J connectivity index is 1.87. The molecule has 1 aliphatic heterocycles. The lowest BCUT2D eigenvalue weighted by molar-refractivity contribution is 0.0594. The SMILES string of the molecule is CC1CC(C(F)F)n2nc(C(=O)O)cc2N1C(=O)OCc1ccccc1. The predicted molar refractivity (Wildman–Crippen MR) is 87.4 cm³/mol. The van der Waals surface area contributed by atoms with Gasteiger partial charge in [-0.1, -0.05) is 30.3 Å². The third-order valence-corrected chi connectivity index (χ3v) is 4.21. The van der Waals surface area contributed by atoms with Crippen LogP contribution in [0, 0.1) is 0 Å². The summed E-state index contributed by atoms with van der Waals surface area (Å²) in [5, 5.41) is 12.8. The fraction of sp³-hybridized carbons (Fsp3) is 0.353. The molecule has 1 N–H and O–H groups in total. The number of aromatic carboxylic acids is 1. The van der Waals surface area contributed by atoms with E-state index in [4.69, 9.17) is 9.84 Å². The van der Waals surface area contributed by atoms with Crippen molar-refractivity contribution in [2.45, 2.75) is 38.5 Å². The molecule has 3 rings (SSSR count). The van der Waals surface area contributed by atoms with Gasteiger partial charge in [-0.15, -0.1) is 0 Å². The molecule has 2 atom stereocenters. The van der Waals surface area contributed by atoms with E-state index in [9.17, 15) is 18.4 Å². The second-order valence-corrected chi connectivity index (χ2v) is 6.03. The number of ether oxygens (including phenoxy) is 1. The summed E-state index contributed by atoms with van der Waals surface area (Å²) in [4.78, 5) is 24.9. The van der Waals surface area contributed by atoms with Crippen molar-refractivity contribution >= 4 is 17.9 Å². The van der Waals surface area contributed by atoms with E-state index in [2.05, 4.69) is 5.10 Å². The van der Waals surface area contributed by atoms with Crippen molar-refractivity contribution in [3.63, 3.8) is 0 Å². The van der Waals surface area contributed by atoms with Crippen molar-refractivity contribution in [3.8, 4) is 0 Å². The minimum Gasteiger partial charge on any atom is -0.476 e. The highest BCUT2D eigenvalue weighted by atomic mass is 19.3. The first kappa shape index (κ1) is 17.8. The third kappa shape index (κ3) is 3.37. The fourth-order valence-electron chi connectivity index (χ4n) is 2.97. The van der Waals surface area contributed by atoms with E-state index in [1.165, 1.54) is 4.90 Å². The molecule has 0 saturated heterocycles. The zero-order chi connectivity index (χ0) is 18.8. The van der Waals surface area contributed by atoms with Crippen LogP contribution < -0.4 is 4.90 Å². The summed E-state index contributed by atoms with van der Waals surface area (Å²) < 4.78 is 32.8. The lowest BCUT2D eigenvalue weighted by atomic mass is 10.0. The molecule has 0 spiro atoms. The van der Waals surface area contributed by atoms with E-state index in [1.807, 2.05) is 6.07 Å². The van der Waals surface area contributed by atoms with Crippen LogP contribution in [0.2, 0.25) is 0 Å². The molecule has 1 amide bonds. The van der Waals surface area contributed by atoms with Gasteiger partial charge in [0.2, 0.25) is 0 Å². The number of hydrogen-bond donors (Lipinski definition) is 1.